The average molecular weight is 2280 g/mol. The number of fused-ring (bicyclic) bond motifs is 1. The molecule has 0 aliphatic heterocycles. The van der Waals surface area contributed by atoms with Crippen LogP contribution in [0.5, 0.6) is 5.75 Å². The number of benzene rings is 11. The highest BCUT2D eigenvalue weighted by Crippen LogP contribution is 2.39. The number of halogens is 7. The first-order valence-electron chi connectivity index (χ1n) is 43.4. The molecule has 26 heteroatoms. The lowest BCUT2D eigenvalue weighted by molar-refractivity contribution is 0.321. The van der Waals surface area contributed by atoms with Gasteiger partial charge in [0.15, 0.2) is 0 Å². The molecule has 0 unspecified atom stereocenters. The molecule has 0 saturated heterocycles. The lowest BCUT2D eigenvalue weighted by Crippen LogP contribution is -2.21. The molecule has 0 atom stereocenters. The van der Waals surface area contributed by atoms with Gasteiger partial charge in [0.2, 0.25) is 0 Å². The smallest absolute Gasteiger partial charge is 0.123 e. The van der Waals surface area contributed by atoms with Gasteiger partial charge in [-0.15, -0.1) is 11.3 Å². The van der Waals surface area contributed by atoms with Crippen molar-refractivity contribution < 1.29 is 13.5 Å². The summed E-state index contributed by atoms with van der Waals surface area (Å²) >= 11 is 22.9. The van der Waals surface area contributed by atoms with Crippen LogP contribution < -0.4 is 4.74 Å². The number of ether oxygens (including phenoxy) is 1. The zero-order valence-corrected chi connectivity index (χ0v) is 98.8. The van der Waals surface area contributed by atoms with Gasteiger partial charge in [-0.1, -0.05) is 423 Å². The number of pyridine rings is 1. The minimum absolute atomic E-state index is 0. The van der Waals surface area contributed by atoms with Crippen LogP contribution in [0.2, 0.25) is 5.02 Å². The van der Waals surface area contributed by atoms with Crippen LogP contribution in [0.1, 0.15) is 151 Å². The summed E-state index contributed by atoms with van der Waals surface area (Å²) in [6.45, 7) is 38.9. The lowest BCUT2D eigenvalue weighted by Gasteiger charge is -2.13. The Balaban J connectivity index is -0.00000141. The third-order valence-corrected chi connectivity index (χ3v) is 31.9. The highest BCUT2D eigenvalue weighted by molar-refractivity contribution is 9.10. The maximum atomic E-state index is 12.1. The fraction of sp³-hybridized carbons (Fsp3) is 0.282. The van der Waals surface area contributed by atoms with E-state index in [-0.39, 0.29) is 13.2 Å². The summed E-state index contributed by atoms with van der Waals surface area (Å²) in [5, 5.41) is 4.40. The Morgan fingerprint density at radius 3 is 1.10 bits per heavy atom. The number of methoxy groups -OCH3 is 1. The van der Waals surface area contributed by atoms with E-state index in [0.29, 0.717) is 10.2 Å². The van der Waals surface area contributed by atoms with Gasteiger partial charge < -0.3 is 14.1 Å². The van der Waals surface area contributed by atoms with Crippen LogP contribution in [0.4, 0.5) is 4.39 Å². The van der Waals surface area contributed by atoms with E-state index in [2.05, 4.69) is 324 Å². The van der Waals surface area contributed by atoms with Crippen molar-refractivity contribution in [1.82, 2.24) is 9.88 Å². The van der Waals surface area contributed by atoms with Gasteiger partial charge in [0.1, 0.15) is 17.3 Å². The van der Waals surface area contributed by atoms with E-state index in [0.717, 1.165) is 72.5 Å². The number of rotatable bonds is 23. The van der Waals surface area contributed by atoms with Gasteiger partial charge in [0.05, 0.1) is 23.6 Å². The Hall–Kier alpha value is -3.93. The minimum atomic E-state index is -0.171. The van der Waals surface area contributed by atoms with Crippen LogP contribution in [0.15, 0.2) is 342 Å². The van der Waals surface area contributed by atoms with Gasteiger partial charge in [0.25, 0.3) is 0 Å². The van der Waals surface area contributed by atoms with Crippen LogP contribution >= 0.6 is 234 Å². The second-order valence-electron chi connectivity index (χ2n) is 28.1. The van der Waals surface area contributed by atoms with Crippen LogP contribution in [-0.4, -0.2) is 53.9 Å². The SMILES string of the molecule is C.C/C=C/c1ccccc1.CCN(CC)CC.CCS.CCSSSCc1cccc(CSSSCC)c1.COc1ccc(C)cc1.Cc1ccc(Br)cc1.Cc1ccc(C)cc1.Cc1ccc(Cl)cc1.Cc1ccc(F)cc1.Cc1ccccc1.Cc1ccccn1.Cc1ccco1.Cc1csc2ccccc12.ClSCl.ClSSCc1cccc(CSSCl)c1.SCc1cccc(CS)c1. The van der Waals surface area contributed by atoms with Gasteiger partial charge in [-0.25, -0.2) is 4.39 Å². The molecule has 0 N–H and O–H groups in total. The summed E-state index contributed by atoms with van der Waals surface area (Å²) in [4.78, 5) is 6.35. The van der Waals surface area contributed by atoms with E-state index in [9.17, 15) is 4.39 Å². The number of nitrogens with zero attached hydrogens (tertiary/aromatic N) is 2. The molecule has 4 nitrogen and oxygen atoms in total. The van der Waals surface area contributed by atoms with Crippen molar-refractivity contribution >= 4 is 250 Å². The molecule has 0 radical (unpaired) electrons. The Labute approximate surface area is 916 Å². The van der Waals surface area contributed by atoms with E-state index >= 15 is 0 Å². The largest absolute Gasteiger partial charge is 0.497 e. The molecule has 0 amide bonds. The molecule has 0 bridgehead atoms. The van der Waals surface area contributed by atoms with Gasteiger partial charge in [-0.3, -0.25) is 4.98 Å². The monoisotopic (exact) mass is 2270 g/mol. The van der Waals surface area contributed by atoms with Crippen LogP contribution in [0, 0.1) is 75.1 Å². The van der Waals surface area contributed by atoms with E-state index in [4.69, 9.17) is 42.1 Å². The highest BCUT2D eigenvalue weighted by Gasteiger charge is 2.02. The molecule has 742 valence electrons. The quantitative estimate of drug-likeness (QED) is 0.0323. The summed E-state index contributed by atoms with van der Waals surface area (Å²) in [7, 11) is 40.1. The highest BCUT2D eigenvalue weighted by atomic mass is 79.9. The molecule has 0 fully saturated rings. The molecule has 0 aliphatic rings. The minimum Gasteiger partial charge on any atom is -0.497 e. The molecule has 14 aromatic rings. The Bertz CT molecular complexity index is 4620. The summed E-state index contributed by atoms with van der Waals surface area (Å²) in [5.41, 5.74) is 20.6. The Morgan fingerprint density at radius 1 is 0.434 bits per heavy atom. The van der Waals surface area contributed by atoms with Crippen molar-refractivity contribution in [3.05, 3.63) is 444 Å². The molecule has 0 saturated carbocycles. The maximum Gasteiger partial charge on any atom is 0.123 e. The topological polar surface area (TPSA) is 38.5 Å². The molecule has 0 spiro atoms. The first-order valence-corrected chi connectivity index (χ1v) is 63.7. The number of aromatic nitrogens is 1. The summed E-state index contributed by atoms with van der Waals surface area (Å²) in [5.74, 6) is 10.7. The predicted octanol–water partition coefficient (Wildman–Crippen LogP) is 42.8. The second-order valence-corrected chi connectivity index (χ2v) is 48.0. The molecule has 14 rings (SSSR count). The van der Waals surface area contributed by atoms with Crippen molar-refractivity contribution in [1.29, 1.82) is 0 Å². The summed E-state index contributed by atoms with van der Waals surface area (Å²) in [6.07, 6.45) is 7.57. The molecule has 3 heterocycles. The molecule has 11 aromatic carbocycles. The zero-order chi connectivity index (χ0) is 101. The van der Waals surface area contributed by atoms with Crippen molar-refractivity contribution in [3.63, 3.8) is 0 Å². The normalized spacial score (nSPS) is 9.54. The maximum absolute atomic E-state index is 12.1. The Morgan fingerprint density at radius 2 is 0.801 bits per heavy atom. The second kappa shape index (κ2) is 97.2. The van der Waals surface area contributed by atoms with Gasteiger partial charge >= 0.3 is 0 Å². The van der Waals surface area contributed by atoms with Crippen LogP contribution in [-0.2, 0) is 34.5 Å². The first-order chi connectivity index (χ1) is 65.2. The fourth-order valence-electron chi connectivity index (χ4n) is 9.77. The van der Waals surface area contributed by atoms with Gasteiger partial charge in [0, 0.05) is 92.1 Å². The van der Waals surface area contributed by atoms with Crippen LogP contribution in [0.25, 0.3) is 16.2 Å². The number of thiol groups is 3. The summed E-state index contributed by atoms with van der Waals surface area (Å²) in [6, 6.07) is 103. The van der Waals surface area contributed by atoms with Gasteiger partial charge in [-0.05, 0) is 298 Å². The fourth-order valence-corrected chi connectivity index (χ4v) is 21.1. The predicted molar refractivity (Wildman–Crippen MR) is 658 cm³/mol. The average Bonchev–Trinajstić information content (AvgIpc) is 1.70. The van der Waals surface area contributed by atoms with Gasteiger partial charge in [-0.2, -0.15) is 37.9 Å². The number of hydrogen-bond donors (Lipinski definition) is 3. The van der Waals surface area contributed by atoms with Crippen molar-refractivity contribution in [2.45, 2.75) is 160 Å². The summed E-state index contributed by atoms with van der Waals surface area (Å²) < 4.78 is 24.4. The van der Waals surface area contributed by atoms with E-state index in [1.54, 1.807) is 53.3 Å². The van der Waals surface area contributed by atoms with Crippen LogP contribution in [0.3, 0.4) is 0 Å². The van der Waals surface area contributed by atoms with Crippen molar-refractivity contribution in [3.8, 4) is 5.75 Å². The number of hydrogen-bond acceptors (Lipinski definition) is 19. The number of aryl methyl sites for hydroxylation is 10. The first kappa shape index (κ1) is 136. The van der Waals surface area contributed by atoms with E-state index in [1.807, 2.05) is 255 Å². The van der Waals surface area contributed by atoms with E-state index < -0.39 is 0 Å². The molecule has 3 aromatic heterocycles. The lowest BCUT2D eigenvalue weighted by atomic mass is 10.2. The molecule has 0 aliphatic carbocycles. The molecular weight excluding hydrogens is 2140 g/mol. The third kappa shape index (κ3) is 82.5. The molecular formula is C110H141BrCl5FN2O2S15. The molecule has 136 heavy (non-hydrogen) atoms. The standard InChI is InChI=1S/C12H18S6.C9H8S.C9H10.C8H8Cl2S4.C8H10O.C8H10S2.C8H10.C7H7Br.C7H7Cl.C7H7F.C7H8.C6H7N.C6H15N.C5H6O.C2H6S.CH4.Cl2S/c1-3-13-17-15-9-11-6-5-7-12(8-11)10-16-18-14-4-2;1-7-6-10-9-5-3-2-4-8(7)9;1-2-6-9-7-4-3-5-8-9;9-13-11-5-7-2-1-3-8(4-7)6-12-14-10;1-7-3-5-8(9-2)6-4-7;9-5-7-2-1-3-8(4-7)6-10;1-7-3-5-8(2)6-4-7;3*1-6-2-4-7(8)5-3-6;1-7-5-3-2-4-6-7;1-6-4-2-3-5-7-6;1-4-7(5-2)6-3;1-5-3-2-4-6-5;1-2-3;;1-3-2/h5-8H,3-4,9-10H2,1-2H3;2-6H,1H3;2-8H,1H3;1-4H,5-6H2;3-6H,1-2H3;1-4,9-10H,5-6H2;3-6H,1-2H3;3*2-5H,1H3;2-6H,1H3;2-5H,1H3;4-6H2,1-3H3;2-4H,1H3;3H,2H2,1H3;1H4;/b;;6-2+;;;;;;;;;;;;;;. The third-order valence-electron chi connectivity index (χ3n) is 16.9. The zero-order valence-electron chi connectivity index (χ0n) is 80.9. The number of furan rings is 1. The Kier molecular flexibility index (Phi) is 97.3. The number of thiophene rings is 1. The van der Waals surface area contributed by atoms with Crippen molar-refractivity contribution in [2.24, 2.45) is 0 Å². The van der Waals surface area contributed by atoms with Crippen molar-refractivity contribution in [2.75, 3.05) is 44.0 Å². The number of allylic oxidation sites excluding steroid dienone is 1. The van der Waals surface area contributed by atoms with E-state index in [1.165, 1.54) is 151 Å².